The number of amides is 1. The van der Waals surface area contributed by atoms with Crippen LogP contribution in [0.3, 0.4) is 0 Å². The van der Waals surface area contributed by atoms with Gasteiger partial charge in [0.2, 0.25) is 0 Å². The molecule has 5 nitrogen and oxygen atoms in total. The highest BCUT2D eigenvalue weighted by Gasteiger charge is 2.31. The van der Waals surface area contributed by atoms with Gasteiger partial charge in [0.25, 0.3) is 5.91 Å². The van der Waals surface area contributed by atoms with Crippen molar-refractivity contribution in [1.82, 2.24) is 0 Å². The molecule has 0 saturated heterocycles. The van der Waals surface area contributed by atoms with Crippen LogP contribution in [0.25, 0.3) is 0 Å². The molecule has 2 N–H and O–H groups in total. The Morgan fingerprint density at radius 3 is 2.20 bits per heavy atom. The topological polar surface area (TPSA) is 62.7 Å². The number of halogens is 6. The van der Waals surface area contributed by atoms with Gasteiger partial charge in [-0.25, -0.2) is 0 Å². The van der Waals surface area contributed by atoms with E-state index in [1.807, 2.05) is 0 Å². The number of nitrogens with one attached hydrogen (secondary N) is 2. The minimum Gasteiger partial charge on any atom is -0.406 e. The van der Waals surface area contributed by atoms with Gasteiger partial charge in [-0.15, -0.1) is 13.2 Å². The van der Waals surface area contributed by atoms with E-state index in [1.165, 1.54) is 36.4 Å². The maximum absolute atomic E-state index is 12.9. The quantitative estimate of drug-likeness (QED) is 0.285. The molecule has 3 aromatic carbocycles. The summed E-state index contributed by atoms with van der Waals surface area (Å²) in [5.41, 5.74) is 1.31. The van der Waals surface area contributed by atoms with Crippen molar-refractivity contribution in [3.63, 3.8) is 0 Å². The van der Waals surface area contributed by atoms with E-state index >= 15 is 0 Å². The molecular formula is C24H19F6N3O2. The summed E-state index contributed by atoms with van der Waals surface area (Å²) in [5, 5.41) is 5.37. The van der Waals surface area contributed by atoms with Crippen molar-refractivity contribution in [2.45, 2.75) is 19.5 Å². The van der Waals surface area contributed by atoms with E-state index in [4.69, 9.17) is 0 Å². The van der Waals surface area contributed by atoms with Gasteiger partial charge in [0.15, 0.2) is 0 Å². The Bertz CT molecular complexity index is 1240. The van der Waals surface area contributed by atoms with E-state index in [-0.39, 0.29) is 17.0 Å². The number of anilines is 2. The lowest BCUT2D eigenvalue weighted by molar-refractivity contribution is -0.274. The zero-order valence-electron chi connectivity index (χ0n) is 18.4. The summed E-state index contributed by atoms with van der Waals surface area (Å²) in [6, 6.07) is 13.9. The van der Waals surface area contributed by atoms with Crippen LogP contribution in [0.5, 0.6) is 5.75 Å². The summed E-state index contributed by atoms with van der Waals surface area (Å²) in [6.45, 7) is 1.68. The molecule has 3 aromatic rings. The summed E-state index contributed by atoms with van der Waals surface area (Å²) in [6.07, 6.45) is -9.33. The van der Waals surface area contributed by atoms with Crippen LogP contribution in [0, 0.1) is 0 Å². The third-order valence-corrected chi connectivity index (χ3v) is 4.76. The number of hydrogen-bond acceptors (Lipinski definition) is 4. The first kappa shape index (κ1) is 25.6. The number of alkyl halides is 6. The first-order valence-corrected chi connectivity index (χ1v) is 10.1. The van der Waals surface area contributed by atoms with Crippen molar-refractivity contribution in [1.29, 1.82) is 0 Å². The van der Waals surface area contributed by atoms with Crippen molar-refractivity contribution >= 4 is 28.7 Å². The highest BCUT2D eigenvalue weighted by molar-refractivity contribution is 6.09. The fraction of sp³-hybridized carbons (Fsp3) is 0.167. The third kappa shape index (κ3) is 6.98. The normalized spacial score (nSPS) is 12.3. The van der Waals surface area contributed by atoms with Gasteiger partial charge < -0.3 is 15.4 Å². The number of nitrogens with zero attached hydrogens (tertiary/aromatic N) is 1. The predicted octanol–water partition coefficient (Wildman–Crippen LogP) is 7.04. The monoisotopic (exact) mass is 495 g/mol. The van der Waals surface area contributed by atoms with E-state index in [9.17, 15) is 31.1 Å². The molecule has 35 heavy (non-hydrogen) atoms. The van der Waals surface area contributed by atoms with Crippen molar-refractivity contribution in [3.8, 4) is 5.75 Å². The van der Waals surface area contributed by atoms with Crippen molar-refractivity contribution in [3.05, 3.63) is 83.4 Å². The predicted molar refractivity (Wildman–Crippen MR) is 120 cm³/mol. The lowest BCUT2D eigenvalue weighted by Gasteiger charge is -2.13. The van der Waals surface area contributed by atoms with Crippen LogP contribution in [0.2, 0.25) is 0 Å². The lowest BCUT2D eigenvalue weighted by atomic mass is 10.0. The smallest absolute Gasteiger partial charge is 0.406 e. The first-order chi connectivity index (χ1) is 16.4. The average Bonchev–Trinajstić information content (AvgIpc) is 2.78. The summed E-state index contributed by atoms with van der Waals surface area (Å²) in [4.78, 5) is 17.0. The first-order valence-electron chi connectivity index (χ1n) is 10.1. The number of carbonyl (C=O) groups is 1. The van der Waals surface area contributed by atoms with Crippen LogP contribution in [0.15, 0.2) is 71.7 Å². The van der Waals surface area contributed by atoms with Crippen LogP contribution in [0.4, 0.5) is 43.4 Å². The molecule has 0 aromatic heterocycles. The maximum atomic E-state index is 12.9. The van der Waals surface area contributed by atoms with Gasteiger partial charge in [0.1, 0.15) is 5.75 Å². The molecule has 11 heteroatoms. The van der Waals surface area contributed by atoms with Gasteiger partial charge in [-0.05, 0) is 61.5 Å². The van der Waals surface area contributed by atoms with Crippen LogP contribution >= 0.6 is 0 Å². The van der Waals surface area contributed by atoms with Gasteiger partial charge in [-0.1, -0.05) is 12.1 Å². The molecule has 0 radical (unpaired) electrons. The van der Waals surface area contributed by atoms with E-state index in [1.54, 1.807) is 20.0 Å². The van der Waals surface area contributed by atoms with Crippen LogP contribution in [0.1, 0.15) is 28.4 Å². The summed E-state index contributed by atoms with van der Waals surface area (Å²) < 4.78 is 79.5. The highest BCUT2D eigenvalue weighted by Crippen LogP contribution is 2.31. The molecule has 0 aliphatic rings. The van der Waals surface area contributed by atoms with Gasteiger partial charge >= 0.3 is 12.5 Å². The van der Waals surface area contributed by atoms with Gasteiger partial charge in [-0.3, -0.25) is 9.79 Å². The molecule has 0 spiro atoms. The van der Waals surface area contributed by atoms with E-state index < -0.39 is 24.0 Å². The molecule has 0 bridgehead atoms. The van der Waals surface area contributed by atoms with Gasteiger partial charge in [0.05, 0.1) is 11.3 Å². The van der Waals surface area contributed by atoms with Gasteiger partial charge in [0, 0.05) is 35.3 Å². The Labute approximate surface area is 196 Å². The second-order valence-corrected chi connectivity index (χ2v) is 7.28. The Balaban J connectivity index is 1.79. The Morgan fingerprint density at radius 2 is 1.60 bits per heavy atom. The Hall–Kier alpha value is -4.02. The number of benzene rings is 3. The van der Waals surface area contributed by atoms with E-state index in [0.717, 1.165) is 24.3 Å². The fourth-order valence-corrected chi connectivity index (χ4v) is 3.16. The Morgan fingerprint density at radius 1 is 0.914 bits per heavy atom. The summed E-state index contributed by atoms with van der Waals surface area (Å²) in [7, 11) is 1.61. The second kappa shape index (κ2) is 10.1. The van der Waals surface area contributed by atoms with Crippen molar-refractivity contribution in [2.75, 3.05) is 17.7 Å². The summed E-state index contributed by atoms with van der Waals surface area (Å²) in [5.74, 6) is -0.983. The zero-order chi connectivity index (χ0) is 25.8. The molecular weight excluding hydrogens is 476 g/mol. The average molecular weight is 495 g/mol. The minimum atomic E-state index is -4.79. The fourth-order valence-electron chi connectivity index (χ4n) is 3.16. The molecule has 184 valence electrons. The van der Waals surface area contributed by atoms with Crippen LogP contribution in [-0.2, 0) is 6.18 Å². The standard InChI is InChI=1S/C24H19F6N3O2/c1-14(32-17-7-9-19(10-8-17)35-24(28,29)30)20-11-6-15(12-21(20)31-2)22(34)33-18-5-3-4-16(13-18)23(25,26)27/h3-13,31H,1-2H3,(H,33,34). The molecule has 0 aliphatic heterocycles. The molecule has 0 aliphatic carbocycles. The highest BCUT2D eigenvalue weighted by atomic mass is 19.4. The lowest BCUT2D eigenvalue weighted by Crippen LogP contribution is -2.16. The van der Waals surface area contributed by atoms with E-state index in [2.05, 4.69) is 20.4 Å². The molecule has 0 heterocycles. The van der Waals surface area contributed by atoms with Crippen molar-refractivity contribution < 1.29 is 35.9 Å². The zero-order valence-corrected chi connectivity index (χ0v) is 18.4. The molecule has 3 rings (SSSR count). The molecule has 0 fully saturated rings. The van der Waals surface area contributed by atoms with Crippen LogP contribution < -0.4 is 15.4 Å². The molecule has 0 saturated carbocycles. The number of ether oxygens (including phenoxy) is 1. The van der Waals surface area contributed by atoms with E-state index in [0.29, 0.717) is 22.6 Å². The molecule has 1 amide bonds. The maximum Gasteiger partial charge on any atom is 0.573 e. The second-order valence-electron chi connectivity index (χ2n) is 7.28. The number of rotatable bonds is 6. The number of hydrogen-bond donors (Lipinski definition) is 2. The minimum absolute atomic E-state index is 0.00407. The summed E-state index contributed by atoms with van der Waals surface area (Å²) >= 11 is 0. The number of carbonyl (C=O) groups excluding carboxylic acids is 1. The third-order valence-electron chi connectivity index (χ3n) is 4.76. The van der Waals surface area contributed by atoms with Crippen molar-refractivity contribution in [2.24, 2.45) is 4.99 Å². The largest absolute Gasteiger partial charge is 0.573 e. The molecule has 0 atom stereocenters. The molecule has 0 unspecified atom stereocenters. The number of aliphatic imine (C=N–C) groups is 1. The Kier molecular flexibility index (Phi) is 7.37. The SMILES string of the molecule is CNc1cc(C(=O)Nc2cccc(C(F)(F)F)c2)ccc1C(C)=Nc1ccc(OC(F)(F)F)cc1. The van der Waals surface area contributed by atoms with Gasteiger partial charge in [-0.2, -0.15) is 13.2 Å². The van der Waals surface area contributed by atoms with Crippen LogP contribution in [-0.4, -0.2) is 25.0 Å².